The van der Waals surface area contributed by atoms with E-state index in [0.717, 1.165) is 0 Å². The normalized spacial score (nSPS) is 26.1. The minimum atomic E-state index is -1.77. The molecule has 1 aliphatic rings. The van der Waals surface area contributed by atoms with Crippen molar-refractivity contribution in [2.24, 2.45) is 51.8 Å². The largest absolute Gasteiger partial charge is 0.370 e. The lowest BCUT2D eigenvalue weighted by Gasteiger charge is -2.46. The molecule has 0 bridgehead atoms. The summed E-state index contributed by atoms with van der Waals surface area (Å²) in [5, 5.41) is 0. The van der Waals surface area contributed by atoms with Gasteiger partial charge in [-0.15, -0.1) is 0 Å². The molecule has 0 heterocycles. The molecule has 1 rings (SSSR count). The van der Waals surface area contributed by atoms with Gasteiger partial charge in [0.05, 0.1) is 23.2 Å². The first-order chi connectivity index (χ1) is 11.1. The van der Waals surface area contributed by atoms with E-state index in [4.69, 9.17) is 28.7 Å². The molecular formula is C14H23N5O5. The highest BCUT2D eigenvalue weighted by molar-refractivity contribution is 5.98. The predicted octanol–water partition coefficient (Wildman–Crippen LogP) is -2.79. The third-order valence-corrected chi connectivity index (χ3v) is 4.81. The van der Waals surface area contributed by atoms with E-state index in [2.05, 4.69) is 0 Å². The number of hydrogen-bond donors (Lipinski definition) is 5. The average molecular weight is 341 g/mol. The van der Waals surface area contributed by atoms with Crippen molar-refractivity contribution in [3.05, 3.63) is 0 Å². The van der Waals surface area contributed by atoms with Gasteiger partial charge in [-0.3, -0.25) is 24.0 Å². The van der Waals surface area contributed by atoms with E-state index in [1.807, 2.05) is 0 Å². The molecule has 4 atom stereocenters. The Morgan fingerprint density at radius 1 is 0.917 bits per heavy atom. The number of carbonyl (C=O) groups excluding carboxylic acids is 5. The molecule has 0 aromatic carbocycles. The van der Waals surface area contributed by atoms with Gasteiger partial charge in [0, 0.05) is 6.42 Å². The zero-order valence-corrected chi connectivity index (χ0v) is 13.2. The Morgan fingerprint density at radius 3 is 1.88 bits per heavy atom. The molecule has 0 aliphatic heterocycles. The standard InChI is InChI=1S/C14H23N5O5/c15-8(20)5-6(10(16)21)9(12(18)23)14(13(19)24)4-2-1-3-7(14)11(17)22/h6-7,9H,1-5H2,(H2,15,20)(H2,16,21)(H2,17,22)(H2,18,23)(H2,19,24). The summed E-state index contributed by atoms with van der Waals surface area (Å²) < 4.78 is 0. The Balaban J connectivity index is 3.57. The van der Waals surface area contributed by atoms with Crippen LogP contribution in [0.4, 0.5) is 0 Å². The van der Waals surface area contributed by atoms with E-state index in [1.165, 1.54) is 0 Å². The fraction of sp³-hybridized carbons (Fsp3) is 0.643. The van der Waals surface area contributed by atoms with Crippen molar-refractivity contribution in [2.45, 2.75) is 32.1 Å². The maximum atomic E-state index is 12.3. The molecule has 1 fully saturated rings. The van der Waals surface area contributed by atoms with Gasteiger partial charge in [-0.1, -0.05) is 12.8 Å². The molecule has 0 aromatic rings. The topological polar surface area (TPSA) is 215 Å². The first-order valence-electron chi connectivity index (χ1n) is 7.51. The molecule has 0 saturated heterocycles. The highest BCUT2D eigenvalue weighted by Gasteiger charge is 2.58. The molecule has 0 spiro atoms. The van der Waals surface area contributed by atoms with Gasteiger partial charge in [-0.25, -0.2) is 0 Å². The quantitative estimate of drug-likeness (QED) is 0.315. The van der Waals surface area contributed by atoms with Crippen LogP contribution >= 0.6 is 0 Å². The smallest absolute Gasteiger partial charge is 0.225 e. The highest BCUT2D eigenvalue weighted by Crippen LogP contribution is 2.49. The Hall–Kier alpha value is -2.65. The lowest BCUT2D eigenvalue weighted by Crippen LogP contribution is -2.60. The Bertz CT molecular complexity index is 578. The Morgan fingerprint density at radius 2 is 1.50 bits per heavy atom. The van der Waals surface area contributed by atoms with E-state index in [0.29, 0.717) is 12.8 Å². The van der Waals surface area contributed by atoms with Gasteiger partial charge in [-0.05, 0) is 12.8 Å². The van der Waals surface area contributed by atoms with Crippen LogP contribution in [0.15, 0.2) is 0 Å². The Labute approximate surface area is 138 Å². The van der Waals surface area contributed by atoms with Gasteiger partial charge in [-0.2, -0.15) is 0 Å². The van der Waals surface area contributed by atoms with Crippen molar-refractivity contribution in [1.82, 2.24) is 0 Å². The second-order valence-corrected chi connectivity index (χ2v) is 6.16. The molecule has 134 valence electrons. The van der Waals surface area contributed by atoms with E-state index in [1.54, 1.807) is 0 Å². The molecule has 10 heteroatoms. The fourth-order valence-electron chi connectivity index (χ4n) is 3.82. The van der Waals surface area contributed by atoms with Crippen molar-refractivity contribution in [1.29, 1.82) is 0 Å². The van der Waals surface area contributed by atoms with Gasteiger partial charge < -0.3 is 28.7 Å². The molecule has 0 radical (unpaired) electrons. The number of rotatable bonds is 8. The van der Waals surface area contributed by atoms with Crippen LogP contribution in [0.3, 0.4) is 0 Å². The minimum Gasteiger partial charge on any atom is -0.370 e. The van der Waals surface area contributed by atoms with Crippen molar-refractivity contribution in [3.63, 3.8) is 0 Å². The van der Waals surface area contributed by atoms with Crippen LogP contribution in [-0.2, 0) is 24.0 Å². The summed E-state index contributed by atoms with van der Waals surface area (Å²) in [5.74, 6) is -8.90. The van der Waals surface area contributed by atoms with Crippen LogP contribution < -0.4 is 28.7 Å². The van der Waals surface area contributed by atoms with Gasteiger partial charge in [0.25, 0.3) is 0 Å². The van der Waals surface area contributed by atoms with E-state index in [9.17, 15) is 24.0 Å². The maximum Gasteiger partial charge on any atom is 0.225 e. The molecule has 4 unspecified atom stereocenters. The van der Waals surface area contributed by atoms with Crippen molar-refractivity contribution >= 4 is 29.5 Å². The van der Waals surface area contributed by atoms with Crippen molar-refractivity contribution in [3.8, 4) is 0 Å². The highest BCUT2D eigenvalue weighted by atomic mass is 16.2. The van der Waals surface area contributed by atoms with Crippen molar-refractivity contribution < 1.29 is 24.0 Å². The molecular weight excluding hydrogens is 318 g/mol. The average Bonchev–Trinajstić information content (AvgIpc) is 2.45. The molecule has 1 saturated carbocycles. The molecule has 1 aliphatic carbocycles. The number of nitrogens with two attached hydrogens (primary N) is 5. The fourth-order valence-corrected chi connectivity index (χ4v) is 3.82. The van der Waals surface area contributed by atoms with Crippen LogP contribution in [0.5, 0.6) is 0 Å². The monoisotopic (exact) mass is 341 g/mol. The van der Waals surface area contributed by atoms with Gasteiger partial charge in [0.15, 0.2) is 0 Å². The van der Waals surface area contributed by atoms with Crippen LogP contribution in [0.25, 0.3) is 0 Å². The first kappa shape index (κ1) is 19.4. The van der Waals surface area contributed by atoms with E-state index in [-0.39, 0.29) is 12.8 Å². The molecule has 24 heavy (non-hydrogen) atoms. The van der Waals surface area contributed by atoms with Gasteiger partial charge in [0.1, 0.15) is 0 Å². The van der Waals surface area contributed by atoms with Crippen LogP contribution in [0, 0.1) is 23.2 Å². The summed E-state index contributed by atoms with van der Waals surface area (Å²) in [6.07, 6.45) is 0.712. The van der Waals surface area contributed by atoms with Gasteiger partial charge >= 0.3 is 0 Å². The summed E-state index contributed by atoms with van der Waals surface area (Å²) in [6.45, 7) is 0. The van der Waals surface area contributed by atoms with Crippen LogP contribution in [-0.4, -0.2) is 29.5 Å². The zero-order valence-electron chi connectivity index (χ0n) is 13.2. The second kappa shape index (κ2) is 7.28. The number of carbonyl (C=O) groups is 5. The molecule has 5 amide bonds. The van der Waals surface area contributed by atoms with Crippen molar-refractivity contribution in [2.75, 3.05) is 0 Å². The SMILES string of the molecule is NC(=O)CC(C(N)=O)C(C(N)=O)C1(C(N)=O)CCCCC1C(N)=O. The third-order valence-electron chi connectivity index (χ3n) is 4.81. The lowest BCUT2D eigenvalue weighted by molar-refractivity contribution is -0.157. The third kappa shape index (κ3) is 3.47. The number of primary amides is 5. The van der Waals surface area contributed by atoms with Crippen LogP contribution in [0.1, 0.15) is 32.1 Å². The van der Waals surface area contributed by atoms with E-state index < -0.39 is 59.1 Å². The van der Waals surface area contributed by atoms with Gasteiger partial charge in [0.2, 0.25) is 29.5 Å². The number of amides is 5. The maximum absolute atomic E-state index is 12.3. The summed E-state index contributed by atoms with van der Waals surface area (Å²) in [6, 6.07) is 0. The first-order valence-corrected chi connectivity index (χ1v) is 7.51. The summed E-state index contributed by atoms with van der Waals surface area (Å²) >= 11 is 0. The summed E-state index contributed by atoms with van der Waals surface area (Å²) in [5.41, 5.74) is 24.9. The minimum absolute atomic E-state index is 0.0338. The molecule has 10 N–H and O–H groups in total. The Kier molecular flexibility index (Phi) is 5.88. The molecule has 0 aromatic heterocycles. The second-order valence-electron chi connectivity index (χ2n) is 6.16. The predicted molar refractivity (Wildman–Crippen MR) is 82.0 cm³/mol. The van der Waals surface area contributed by atoms with E-state index >= 15 is 0 Å². The lowest BCUT2D eigenvalue weighted by atomic mass is 9.55. The van der Waals surface area contributed by atoms with Crippen LogP contribution in [0.2, 0.25) is 0 Å². The summed E-state index contributed by atoms with van der Waals surface area (Å²) in [7, 11) is 0. The number of hydrogen-bond acceptors (Lipinski definition) is 5. The zero-order chi connectivity index (χ0) is 18.7. The molecule has 10 nitrogen and oxygen atoms in total. The summed E-state index contributed by atoms with van der Waals surface area (Å²) in [4.78, 5) is 59.3.